The van der Waals surface area contributed by atoms with Crippen molar-refractivity contribution in [2.24, 2.45) is 0 Å². The zero-order valence-electron chi connectivity index (χ0n) is 13.5. The predicted octanol–water partition coefficient (Wildman–Crippen LogP) is 5.42. The van der Waals surface area contributed by atoms with Gasteiger partial charge in [-0.1, -0.05) is 87.6 Å². The van der Waals surface area contributed by atoms with Gasteiger partial charge in [-0.15, -0.1) is 11.6 Å². The van der Waals surface area contributed by atoms with Crippen LogP contribution in [0.25, 0.3) is 6.08 Å². The van der Waals surface area contributed by atoms with Crippen molar-refractivity contribution in [3.8, 4) is 11.8 Å². The van der Waals surface area contributed by atoms with E-state index in [1.807, 2.05) is 36.4 Å². The summed E-state index contributed by atoms with van der Waals surface area (Å²) in [5.74, 6) is 5.67. The molecule has 0 radical (unpaired) electrons. The SMILES string of the molecule is CCCCCCCC[C@H](Cl)[C@H](O)C#C/C=C/c1ccccc1. The maximum atomic E-state index is 9.92. The average molecular weight is 319 g/mol. The van der Waals surface area contributed by atoms with Crippen LogP contribution in [0.1, 0.15) is 57.4 Å². The molecule has 0 aromatic heterocycles. The van der Waals surface area contributed by atoms with E-state index in [0.717, 1.165) is 18.4 Å². The molecule has 0 unspecified atom stereocenters. The van der Waals surface area contributed by atoms with Gasteiger partial charge in [0.15, 0.2) is 0 Å². The number of hydrogen-bond donors (Lipinski definition) is 1. The minimum Gasteiger partial charge on any atom is -0.379 e. The first-order valence-electron chi connectivity index (χ1n) is 8.29. The van der Waals surface area contributed by atoms with Crippen molar-refractivity contribution in [3.05, 3.63) is 42.0 Å². The van der Waals surface area contributed by atoms with Crippen LogP contribution in [0.4, 0.5) is 0 Å². The van der Waals surface area contributed by atoms with Crippen LogP contribution in [0.2, 0.25) is 0 Å². The molecule has 0 aliphatic rings. The first-order valence-corrected chi connectivity index (χ1v) is 8.72. The topological polar surface area (TPSA) is 20.2 Å². The zero-order valence-corrected chi connectivity index (χ0v) is 14.2. The lowest BCUT2D eigenvalue weighted by atomic mass is 10.1. The summed E-state index contributed by atoms with van der Waals surface area (Å²) in [6.45, 7) is 2.22. The number of unbranched alkanes of at least 4 members (excludes halogenated alkanes) is 5. The highest BCUT2D eigenvalue weighted by Gasteiger charge is 2.12. The summed E-state index contributed by atoms with van der Waals surface area (Å²) in [6.07, 6.45) is 11.2. The summed E-state index contributed by atoms with van der Waals surface area (Å²) in [4.78, 5) is 0. The minimum atomic E-state index is -0.752. The lowest BCUT2D eigenvalue weighted by Crippen LogP contribution is -2.18. The van der Waals surface area contributed by atoms with Crippen LogP contribution >= 0.6 is 11.6 Å². The van der Waals surface area contributed by atoms with Crippen molar-refractivity contribution in [1.82, 2.24) is 0 Å². The van der Waals surface area contributed by atoms with Gasteiger partial charge in [-0.2, -0.15) is 0 Å². The van der Waals surface area contributed by atoms with E-state index in [-0.39, 0.29) is 5.38 Å². The molecular weight excluding hydrogens is 292 g/mol. The van der Waals surface area contributed by atoms with E-state index in [1.165, 1.54) is 32.1 Å². The number of benzene rings is 1. The van der Waals surface area contributed by atoms with E-state index in [4.69, 9.17) is 11.6 Å². The van der Waals surface area contributed by atoms with Crippen LogP contribution < -0.4 is 0 Å². The van der Waals surface area contributed by atoms with Crippen molar-refractivity contribution >= 4 is 17.7 Å². The normalized spacial score (nSPS) is 13.6. The molecule has 1 aromatic rings. The number of aliphatic hydroxyl groups excluding tert-OH is 1. The van der Waals surface area contributed by atoms with Gasteiger partial charge in [-0.3, -0.25) is 0 Å². The van der Waals surface area contributed by atoms with E-state index in [1.54, 1.807) is 6.08 Å². The van der Waals surface area contributed by atoms with Crippen LogP contribution in [-0.2, 0) is 0 Å². The molecule has 1 nitrogen and oxygen atoms in total. The Hall–Kier alpha value is -1.23. The molecule has 0 aliphatic heterocycles. The molecule has 120 valence electrons. The number of halogens is 1. The van der Waals surface area contributed by atoms with Crippen molar-refractivity contribution in [2.75, 3.05) is 0 Å². The summed E-state index contributed by atoms with van der Waals surface area (Å²) in [5, 5.41) is 9.64. The minimum absolute atomic E-state index is 0.274. The van der Waals surface area contributed by atoms with Crippen molar-refractivity contribution in [1.29, 1.82) is 0 Å². The van der Waals surface area contributed by atoms with Crippen LogP contribution in [0, 0.1) is 11.8 Å². The second kappa shape index (κ2) is 12.3. The predicted molar refractivity (Wildman–Crippen MR) is 96.9 cm³/mol. The molecule has 0 saturated carbocycles. The molecule has 0 fully saturated rings. The zero-order chi connectivity index (χ0) is 16.0. The Bertz CT molecular complexity index is 469. The molecule has 0 saturated heterocycles. The number of allylic oxidation sites excluding steroid dienone is 1. The van der Waals surface area contributed by atoms with Gasteiger partial charge in [0, 0.05) is 0 Å². The molecule has 22 heavy (non-hydrogen) atoms. The third kappa shape index (κ3) is 8.93. The molecule has 0 bridgehead atoms. The van der Waals surface area contributed by atoms with Crippen LogP contribution in [-0.4, -0.2) is 16.6 Å². The fraction of sp³-hybridized carbons (Fsp3) is 0.500. The Labute approximate surface area is 140 Å². The van der Waals surface area contributed by atoms with E-state index in [2.05, 4.69) is 18.8 Å². The van der Waals surface area contributed by atoms with Gasteiger partial charge < -0.3 is 5.11 Å². The van der Waals surface area contributed by atoms with Crippen LogP contribution in [0.3, 0.4) is 0 Å². The Morgan fingerprint density at radius 3 is 2.50 bits per heavy atom. The van der Waals surface area contributed by atoms with E-state index in [9.17, 15) is 5.11 Å². The molecule has 2 atom stereocenters. The molecule has 1 aromatic carbocycles. The van der Waals surface area contributed by atoms with Crippen molar-refractivity contribution in [3.63, 3.8) is 0 Å². The highest BCUT2D eigenvalue weighted by Crippen LogP contribution is 2.14. The van der Waals surface area contributed by atoms with Gasteiger partial charge in [-0.25, -0.2) is 0 Å². The maximum Gasteiger partial charge on any atom is 0.131 e. The lowest BCUT2D eigenvalue weighted by Gasteiger charge is -2.11. The Morgan fingerprint density at radius 2 is 1.77 bits per heavy atom. The fourth-order valence-corrected chi connectivity index (χ4v) is 2.42. The second-order valence-electron chi connectivity index (χ2n) is 5.55. The lowest BCUT2D eigenvalue weighted by molar-refractivity contribution is 0.221. The molecule has 0 spiro atoms. The van der Waals surface area contributed by atoms with Crippen molar-refractivity contribution in [2.45, 2.75) is 63.4 Å². The van der Waals surface area contributed by atoms with Gasteiger partial charge in [0.25, 0.3) is 0 Å². The summed E-state index contributed by atoms with van der Waals surface area (Å²) in [5.41, 5.74) is 1.10. The van der Waals surface area contributed by atoms with Crippen LogP contribution in [0.15, 0.2) is 36.4 Å². The molecule has 0 aliphatic carbocycles. The number of alkyl halides is 1. The molecule has 0 heterocycles. The molecule has 2 heteroatoms. The fourth-order valence-electron chi connectivity index (χ4n) is 2.20. The molecule has 0 amide bonds. The summed E-state index contributed by atoms with van der Waals surface area (Å²) < 4.78 is 0. The summed E-state index contributed by atoms with van der Waals surface area (Å²) >= 11 is 6.19. The van der Waals surface area contributed by atoms with Gasteiger partial charge in [-0.05, 0) is 24.1 Å². The monoisotopic (exact) mass is 318 g/mol. The number of aliphatic hydroxyl groups is 1. The third-order valence-corrected chi connectivity index (χ3v) is 4.02. The van der Waals surface area contributed by atoms with E-state index >= 15 is 0 Å². The summed E-state index contributed by atoms with van der Waals surface area (Å²) in [7, 11) is 0. The van der Waals surface area contributed by atoms with Gasteiger partial charge in [0.2, 0.25) is 0 Å². The van der Waals surface area contributed by atoms with Crippen LogP contribution in [0.5, 0.6) is 0 Å². The Morgan fingerprint density at radius 1 is 1.09 bits per heavy atom. The maximum absolute atomic E-state index is 9.92. The van der Waals surface area contributed by atoms with Gasteiger partial charge >= 0.3 is 0 Å². The van der Waals surface area contributed by atoms with E-state index in [0.29, 0.717) is 0 Å². The standard InChI is InChI=1S/C20H27ClO/c1-2-3-4-5-6-10-16-19(21)20(22)17-12-11-15-18-13-8-7-9-14-18/h7-9,11,13-15,19-20,22H,2-6,10,16H2,1H3/b15-11+/t19-,20+/m0/s1. The Kier molecular flexibility index (Phi) is 10.5. The average Bonchev–Trinajstić information content (AvgIpc) is 2.55. The Balaban J connectivity index is 2.22. The first kappa shape index (κ1) is 18.8. The quantitative estimate of drug-likeness (QED) is 0.366. The largest absolute Gasteiger partial charge is 0.379 e. The van der Waals surface area contributed by atoms with Gasteiger partial charge in [0.05, 0.1) is 5.38 Å². The highest BCUT2D eigenvalue weighted by molar-refractivity contribution is 6.21. The molecule has 1 N–H and O–H groups in total. The van der Waals surface area contributed by atoms with Crippen molar-refractivity contribution < 1.29 is 5.11 Å². The molecule has 1 rings (SSSR count). The molecular formula is C20H27ClO. The second-order valence-corrected chi connectivity index (χ2v) is 6.11. The third-order valence-electron chi connectivity index (χ3n) is 3.57. The smallest absolute Gasteiger partial charge is 0.131 e. The first-order chi connectivity index (χ1) is 10.7. The number of rotatable bonds is 9. The number of hydrogen-bond acceptors (Lipinski definition) is 1. The summed E-state index contributed by atoms with van der Waals surface area (Å²) in [6, 6.07) is 9.97. The van der Waals surface area contributed by atoms with E-state index < -0.39 is 6.10 Å². The van der Waals surface area contributed by atoms with Gasteiger partial charge in [0.1, 0.15) is 6.10 Å². The highest BCUT2D eigenvalue weighted by atomic mass is 35.5.